The van der Waals surface area contributed by atoms with E-state index in [1.54, 1.807) is 49.5 Å². The number of hydrogen-bond acceptors (Lipinski definition) is 9. The number of anilines is 2. The second kappa shape index (κ2) is 14.0. The summed E-state index contributed by atoms with van der Waals surface area (Å²) in [7, 11) is 1.67. The fourth-order valence-electron chi connectivity index (χ4n) is 5.01. The van der Waals surface area contributed by atoms with Crippen LogP contribution in [0.3, 0.4) is 0 Å². The van der Waals surface area contributed by atoms with Crippen molar-refractivity contribution < 1.29 is 23.8 Å². The maximum Gasteiger partial charge on any atom is 0.256 e. The van der Waals surface area contributed by atoms with Crippen molar-refractivity contribution in [3.05, 3.63) is 120 Å². The van der Waals surface area contributed by atoms with Crippen molar-refractivity contribution in [3.8, 4) is 22.1 Å². The number of fused-ring (bicyclic) bond motifs is 1. The summed E-state index contributed by atoms with van der Waals surface area (Å²) < 4.78 is 27.1. The minimum atomic E-state index is -1.21. The van der Waals surface area contributed by atoms with Crippen molar-refractivity contribution in [3.63, 3.8) is 0 Å². The Morgan fingerprint density at radius 3 is 2.67 bits per heavy atom. The van der Waals surface area contributed by atoms with Gasteiger partial charge in [-0.2, -0.15) is 0 Å². The van der Waals surface area contributed by atoms with E-state index in [2.05, 4.69) is 20.6 Å². The number of carbonyl (C=O) groups is 1. The first kappa shape index (κ1) is 31.1. The van der Waals surface area contributed by atoms with E-state index in [0.717, 1.165) is 33.1 Å². The Hall–Kier alpha value is -4.94. The predicted molar refractivity (Wildman–Crippen MR) is 178 cm³/mol. The summed E-state index contributed by atoms with van der Waals surface area (Å²) in [6.07, 6.45) is 5.72. The number of ether oxygens (including phenoxy) is 2. The molecule has 0 fully saturated rings. The number of para-hydroxylation sites is 1. The monoisotopic (exact) mass is 637 g/mol. The lowest BCUT2D eigenvalue weighted by Gasteiger charge is -2.31. The molecule has 0 saturated heterocycles. The minimum Gasteiger partial charge on any atom is -0.453 e. The van der Waals surface area contributed by atoms with Gasteiger partial charge < -0.3 is 30.1 Å². The SMILES string of the molecule is COCCNCc1ccc(-c2cc3nccc(Oc4ccc(NC(=O)C5=C(C)C=CN(c6ccccc6)C5O)cc4F)c3s2)nc1. The molecule has 0 saturated carbocycles. The molecule has 0 radical (unpaired) electrons. The molecule has 1 aliphatic rings. The molecule has 1 amide bonds. The molecule has 4 heterocycles. The molecule has 2 aromatic carbocycles. The molecule has 234 valence electrons. The summed E-state index contributed by atoms with van der Waals surface area (Å²) in [6, 6.07) is 21.1. The zero-order chi connectivity index (χ0) is 32.0. The van der Waals surface area contributed by atoms with Gasteiger partial charge in [0.2, 0.25) is 0 Å². The topological polar surface area (TPSA) is 109 Å². The Kier molecular flexibility index (Phi) is 9.46. The number of aromatic nitrogens is 2. The highest BCUT2D eigenvalue weighted by atomic mass is 32.1. The molecule has 1 aliphatic heterocycles. The van der Waals surface area contributed by atoms with Crippen molar-refractivity contribution in [1.29, 1.82) is 0 Å². The maximum absolute atomic E-state index is 15.3. The summed E-state index contributed by atoms with van der Waals surface area (Å²) in [5, 5.41) is 17.0. The third-order valence-electron chi connectivity index (χ3n) is 7.41. The lowest BCUT2D eigenvalue weighted by molar-refractivity contribution is -0.113. The van der Waals surface area contributed by atoms with Crippen LogP contribution >= 0.6 is 11.3 Å². The molecule has 5 aromatic rings. The van der Waals surface area contributed by atoms with E-state index in [1.807, 2.05) is 54.7 Å². The summed E-state index contributed by atoms with van der Waals surface area (Å²) in [5.74, 6) is -0.740. The lowest BCUT2D eigenvalue weighted by atomic mass is 10.0. The van der Waals surface area contributed by atoms with Crippen LogP contribution in [0.15, 0.2) is 109 Å². The molecule has 6 rings (SSSR count). The number of allylic oxidation sites excluding steroid dienone is 2. The van der Waals surface area contributed by atoms with E-state index < -0.39 is 18.0 Å². The smallest absolute Gasteiger partial charge is 0.256 e. The number of hydrogen-bond donors (Lipinski definition) is 3. The Morgan fingerprint density at radius 2 is 1.91 bits per heavy atom. The van der Waals surface area contributed by atoms with Crippen LogP contribution < -0.4 is 20.3 Å². The first-order chi connectivity index (χ1) is 22.4. The first-order valence-electron chi connectivity index (χ1n) is 14.6. The number of pyridine rings is 2. The lowest BCUT2D eigenvalue weighted by Crippen LogP contribution is -2.39. The zero-order valence-corrected chi connectivity index (χ0v) is 26.1. The number of aliphatic hydroxyl groups is 1. The van der Waals surface area contributed by atoms with Gasteiger partial charge in [0, 0.05) is 62.3 Å². The second-order valence-electron chi connectivity index (χ2n) is 10.6. The molecule has 9 nitrogen and oxygen atoms in total. The van der Waals surface area contributed by atoms with Gasteiger partial charge in [-0.3, -0.25) is 14.8 Å². The number of methoxy groups -OCH3 is 1. The van der Waals surface area contributed by atoms with Gasteiger partial charge in [0.25, 0.3) is 5.91 Å². The molecule has 0 spiro atoms. The number of carbonyl (C=O) groups excluding carboxylic acids is 1. The van der Waals surface area contributed by atoms with Gasteiger partial charge in [-0.15, -0.1) is 11.3 Å². The number of rotatable bonds is 11. The zero-order valence-electron chi connectivity index (χ0n) is 25.2. The van der Waals surface area contributed by atoms with E-state index in [9.17, 15) is 9.90 Å². The second-order valence-corrected chi connectivity index (χ2v) is 11.6. The Balaban J connectivity index is 1.15. The molecule has 0 aliphatic carbocycles. The van der Waals surface area contributed by atoms with E-state index in [4.69, 9.17) is 9.47 Å². The molecule has 3 N–H and O–H groups in total. The number of nitrogens with one attached hydrogen (secondary N) is 2. The van der Waals surface area contributed by atoms with Gasteiger partial charge >= 0.3 is 0 Å². The molecule has 11 heteroatoms. The number of amides is 1. The number of benzene rings is 2. The largest absolute Gasteiger partial charge is 0.453 e. The normalized spacial score (nSPS) is 14.6. The van der Waals surface area contributed by atoms with Gasteiger partial charge in [0.15, 0.2) is 17.8 Å². The quantitative estimate of drug-likeness (QED) is 0.139. The number of halogens is 1. The molecule has 46 heavy (non-hydrogen) atoms. The number of nitrogens with zero attached hydrogens (tertiary/aromatic N) is 3. The van der Waals surface area contributed by atoms with Gasteiger partial charge in [-0.1, -0.05) is 24.3 Å². The van der Waals surface area contributed by atoms with E-state index in [1.165, 1.54) is 23.5 Å². The summed E-state index contributed by atoms with van der Waals surface area (Å²) in [6.45, 7) is 3.84. The van der Waals surface area contributed by atoms with Gasteiger partial charge in [-0.25, -0.2) is 4.39 Å². The van der Waals surface area contributed by atoms with Crippen molar-refractivity contribution in [2.45, 2.75) is 19.7 Å². The van der Waals surface area contributed by atoms with Crippen LogP contribution in [-0.2, 0) is 16.1 Å². The summed E-state index contributed by atoms with van der Waals surface area (Å²) in [4.78, 5) is 24.8. The van der Waals surface area contributed by atoms with Crippen LogP contribution in [0.4, 0.5) is 15.8 Å². The summed E-state index contributed by atoms with van der Waals surface area (Å²) in [5.41, 5.74) is 4.31. The van der Waals surface area contributed by atoms with Crippen LogP contribution in [0.25, 0.3) is 20.8 Å². The summed E-state index contributed by atoms with van der Waals surface area (Å²) >= 11 is 1.46. The molecule has 1 unspecified atom stereocenters. The Labute approximate surface area is 269 Å². The highest BCUT2D eigenvalue weighted by molar-refractivity contribution is 7.22. The highest BCUT2D eigenvalue weighted by Gasteiger charge is 2.29. The molecule has 0 bridgehead atoms. The van der Waals surface area contributed by atoms with Crippen molar-refractivity contribution in [2.24, 2.45) is 0 Å². The highest BCUT2D eigenvalue weighted by Crippen LogP contribution is 2.39. The fraction of sp³-hybridized carbons (Fsp3) is 0.171. The third kappa shape index (κ3) is 6.82. The van der Waals surface area contributed by atoms with Crippen LogP contribution in [0.1, 0.15) is 12.5 Å². The van der Waals surface area contributed by atoms with Crippen molar-refractivity contribution in [2.75, 3.05) is 30.5 Å². The molecular formula is C35H32FN5O4S. The number of aliphatic hydroxyl groups excluding tert-OH is 1. The van der Waals surface area contributed by atoms with Gasteiger partial charge in [0.1, 0.15) is 5.75 Å². The average molecular weight is 638 g/mol. The van der Waals surface area contributed by atoms with Crippen molar-refractivity contribution >= 4 is 38.8 Å². The van der Waals surface area contributed by atoms with Crippen LogP contribution in [0.5, 0.6) is 11.5 Å². The van der Waals surface area contributed by atoms with E-state index >= 15 is 4.39 Å². The first-order valence-corrected chi connectivity index (χ1v) is 15.5. The van der Waals surface area contributed by atoms with Gasteiger partial charge in [-0.05, 0) is 60.5 Å². The van der Waals surface area contributed by atoms with E-state index in [-0.39, 0.29) is 17.0 Å². The van der Waals surface area contributed by atoms with E-state index in [0.29, 0.717) is 30.0 Å². The Morgan fingerprint density at radius 1 is 1.07 bits per heavy atom. The molecule has 3 aromatic heterocycles. The third-order valence-corrected chi connectivity index (χ3v) is 8.57. The fourth-order valence-corrected chi connectivity index (χ4v) is 6.05. The maximum atomic E-state index is 15.3. The van der Waals surface area contributed by atoms with Crippen LogP contribution in [0, 0.1) is 5.82 Å². The van der Waals surface area contributed by atoms with Crippen molar-refractivity contribution in [1.82, 2.24) is 15.3 Å². The van der Waals surface area contributed by atoms with Crippen LogP contribution in [-0.4, -0.2) is 47.5 Å². The standard InChI is InChI=1S/C35H32FN5O4S/c1-22-13-16-41(25-6-4-3-5-7-25)35(43)32(22)34(42)40-24-9-11-29(26(36)18-24)45-30-12-14-38-28-19-31(46-33(28)30)27-10-8-23(21-39-27)20-37-15-17-44-2/h3-14,16,18-19,21,35,37,43H,15,17,20H2,1-2H3,(H,40,42). The molecule has 1 atom stereocenters. The van der Waals surface area contributed by atoms with Crippen LogP contribution in [0.2, 0.25) is 0 Å². The number of thiophene rings is 1. The Bertz CT molecular complexity index is 1910. The van der Waals surface area contributed by atoms with Gasteiger partial charge in [0.05, 0.1) is 33.0 Å². The average Bonchev–Trinajstić information content (AvgIpc) is 3.51. The minimum absolute atomic E-state index is 0.00446. The predicted octanol–water partition coefficient (Wildman–Crippen LogP) is 6.63. The molecular weight excluding hydrogens is 605 g/mol.